The number of carbonyl (C=O) groups is 1. The second-order valence-corrected chi connectivity index (χ2v) is 5.75. The molecule has 1 amide bonds. The fourth-order valence-corrected chi connectivity index (χ4v) is 2.53. The third kappa shape index (κ3) is 5.54. The molecule has 23 heavy (non-hydrogen) atoms. The number of halogens is 4. The Morgan fingerprint density at radius 1 is 1.48 bits per heavy atom. The SMILES string of the molecule is O=C(CCNc1ncc(C(F)(F)F)cc1Cl)NC1CCCNC1. The van der Waals surface area contributed by atoms with E-state index in [1.54, 1.807) is 0 Å². The zero-order valence-electron chi connectivity index (χ0n) is 12.3. The average Bonchev–Trinajstić information content (AvgIpc) is 2.49. The first-order valence-corrected chi connectivity index (χ1v) is 7.71. The number of hydrogen-bond donors (Lipinski definition) is 3. The summed E-state index contributed by atoms with van der Waals surface area (Å²) in [4.78, 5) is 15.4. The maximum atomic E-state index is 12.5. The second-order valence-electron chi connectivity index (χ2n) is 5.34. The highest BCUT2D eigenvalue weighted by molar-refractivity contribution is 6.32. The van der Waals surface area contributed by atoms with Crippen molar-refractivity contribution in [3.63, 3.8) is 0 Å². The monoisotopic (exact) mass is 350 g/mol. The molecule has 5 nitrogen and oxygen atoms in total. The second kappa shape index (κ2) is 7.83. The van der Waals surface area contributed by atoms with Crippen LogP contribution in [-0.2, 0) is 11.0 Å². The zero-order chi connectivity index (χ0) is 16.9. The summed E-state index contributed by atoms with van der Waals surface area (Å²) in [5.41, 5.74) is -0.907. The highest BCUT2D eigenvalue weighted by atomic mass is 35.5. The van der Waals surface area contributed by atoms with Gasteiger partial charge < -0.3 is 16.0 Å². The molecule has 1 aromatic heterocycles. The summed E-state index contributed by atoms with van der Waals surface area (Å²) in [5.74, 6) is 0.0148. The van der Waals surface area contributed by atoms with Crippen LogP contribution in [0.15, 0.2) is 12.3 Å². The van der Waals surface area contributed by atoms with Crippen LogP contribution in [0.1, 0.15) is 24.8 Å². The zero-order valence-corrected chi connectivity index (χ0v) is 13.1. The largest absolute Gasteiger partial charge is 0.417 e. The lowest BCUT2D eigenvalue weighted by Gasteiger charge is -2.23. The molecular weight excluding hydrogens is 333 g/mol. The summed E-state index contributed by atoms with van der Waals surface area (Å²) in [6, 6.07) is 0.939. The summed E-state index contributed by atoms with van der Waals surface area (Å²) in [7, 11) is 0. The van der Waals surface area contributed by atoms with E-state index in [2.05, 4.69) is 20.9 Å². The fourth-order valence-electron chi connectivity index (χ4n) is 2.29. The molecule has 0 bridgehead atoms. The molecule has 0 saturated carbocycles. The lowest BCUT2D eigenvalue weighted by molar-refractivity contribution is -0.137. The Kier molecular flexibility index (Phi) is 6.06. The maximum absolute atomic E-state index is 12.5. The number of pyridine rings is 1. The molecule has 0 aliphatic carbocycles. The standard InChI is InChI=1S/C14H18ClF3N4O/c15-11-6-9(14(16,17)18)7-21-13(11)20-5-3-12(23)22-10-2-1-4-19-8-10/h6-7,10,19H,1-5,8H2,(H,20,21)(H,22,23). The van der Waals surface area contributed by atoms with Crippen molar-refractivity contribution < 1.29 is 18.0 Å². The Bertz CT molecular complexity index is 547. The normalized spacial score (nSPS) is 18.5. The van der Waals surface area contributed by atoms with E-state index in [9.17, 15) is 18.0 Å². The number of piperidine rings is 1. The van der Waals surface area contributed by atoms with Crippen LogP contribution in [0.3, 0.4) is 0 Å². The highest BCUT2D eigenvalue weighted by Crippen LogP contribution is 2.32. The van der Waals surface area contributed by atoms with Crippen molar-refractivity contribution >= 4 is 23.3 Å². The van der Waals surface area contributed by atoms with E-state index >= 15 is 0 Å². The molecular formula is C14H18ClF3N4O. The Balaban J connectivity index is 1.78. The Hall–Kier alpha value is -1.54. The maximum Gasteiger partial charge on any atom is 0.417 e. The fraction of sp³-hybridized carbons (Fsp3) is 0.571. The van der Waals surface area contributed by atoms with Crippen molar-refractivity contribution in [3.8, 4) is 0 Å². The van der Waals surface area contributed by atoms with Gasteiger partial charge in [-0.05, 0) is 25.5 Å². The van der Waals surface area contributed by atoms with Crippen LogP contribution in [-0.4, -0.2) is 36.6 Å². The summed E-state index contributed by atoms with van der Waals surface area (Å²) >= 11 is 5.77. The van der Waals surface area contributed by atoms with Gasteiger partial charge in [0.2, 0.25) is 5.91 Å². The van der Waals surface area contributed by atoms with Crippen LogP contribution in [0, 0.1) is 0 Å². The first-order valence-electron chi connectivity index (χ1n) is 7.33. The summed E-state index contributed by atoms with van der Waals surface area (Å²) in [5, 5.41) is 8.75. The van der Waals surface area contributed by atoms with Crippen LogP contribution in [0.5, 0.6) is 0 Å². The molecule has 0 spiro atoms. The Morgan fingerprint density at radius 3 is 2.87 bits per heavy atom. The first kappa shape index (κ1) is 17.8. The number of nitrogens with zero attached hydrogens (tertiary/aromatic N) is 1. The van der Waals surface area contributed by atoms with E-state index in [0.29, 0.717) is 6.20 Å². The van der Waals surface area contributed by atoms with Gasteiger partial charge in [0, 0.05) is 31.7 Å². The number of carbonyl (C=O) groups excluding carboxylic acids is 1. The molecule has 2 heterocycles. The first-order chi connectivity index (χ1) is 10.9. The van der Waals surface area contributed by atoms with Gasteiger partial charge >= 0.3 is 6.18 Å². The van der Waals surface area contributed by atoms with E-state index in [0.717, 1.165) is 32.0 Å². The lowest BCUT2D eigenvalue weighted by Crippen LogP contribution is -2.45. The summed E-state index contributed by atoms with van der Waals surface area (Å²) < 4.78 is 37.5. The summed E-state index contributed by atoms with van der Waals surface area (Å²) in [6.45, 7) is 1.96. The van der Waals surface area contributed by atoms with Crippen molar-refractivity contribution in [2.45, 2.75) is 31.5 Å². The van der Waals surface area contributed by atoms with Gasteiger partial charge in [0.15, 0.2) is 0 Å². The molecule has 1 fully saturated rings. The van der Waals surface area contributed by atoms with Gasteiger partial charge in [0.05, 0.1) is 10.6 Å². The van der Waals surface area contributed by atoms with Crippen LogP contribution >= 0.6 is 11.6 Å². The highest BCUT2D eigenvalue weighted by Gasteiger charge is 2.31. The number of aromatic nitrogens is 1. The number of amides is 1. The molecule has 1 saturated heterocycles. The van der Waals surface area contributed by atoms with Crippen molar-refractivity contribution in [2.24, 2.45) is 0 Å². The number of nitrogens with one attached hydrogen (secondary N) is 3. The van der Waals surface area contributed by atoms with Gasteiger partial charge in [-0.2, -0.15) is 13.2 Å². The molecule has 2 rings (SSSR count). The number of rotatable bonds is 5. The molecule has 128 valence electrons. The van der Waals surface area contributed by atoms with Gasteiger partial charge in [-0.1, -0.05) is 11.6 Å². The third-order valence-electron chi connectivity index (χ3n) is 3.48. The smallest absolute Gasteiger partial charge is 0.368 e. The molecule has 0 radical (unpaired) electrons. The Morgan fingerprint density at radius 2 is 2.26 bits per heavy atom. The molecule has 1 aromatic rings. The number of anilines is 1. The van der Waals surface area contributed by atoms with E-state index < -0.39 is 11.7 Å². The van der Waals surface area contributed by atoms with Crippen molar-refractivity contribution in [1.82, 2.24) is 15.6 Å². The molecule has 1 atom stereocenters. The van der Waals surface area contributed by atoms with E-state index in [4.69, 9.17) is 11.6 Å². The van der Waals surface area contributed by atoms with Gasteiger partial charge in [0.1, 0.15) is 5.82 Å². The van der Waals surface area contributed by atoms with E-state index in [-0.39, 0.29) is 35.8 Å². The molecule has 9 heteroatoms. The Labute approximate surface area is 137 Å². The topological polar surface area (TPSA) is 66.0 Å². The van der Waals surface area contributed by atoms with Crippen LogP contribution in [0.4, 0.5) is 19.0 Å². The van der Waals surface area contributed by atoms with Gasteiger partial charge in [0.25, 0.3) is 0 Å². The van der Waals surface area contributed by atoms with Crippen molar-refractivity contribution in [1.29, 1.82) is 0 Å². The van der Waals surface area contributed by atoms with Crippen molar-refractivity contribution in [3.05, 3.63) is 22.8 Å². The van der Waals surface area contributed by atoms with Crippen molar-refractivity contribution in [2.75, 3.05) is 25.0 Å². The minimum atomic E-state index is -4.48. The average molecular weight is 351 g/mol. The quantitative estimate of drug-likeness (QED) is 0.763. The van der Waals surface area contributed by atoms with E-state index in [1.165, 1.54) is 0 Å². The minimum Gasteiger partial charge on any atom is -0.368 e. The van der Waals surface area contributed by atoms with Gasteiger partial charge in [-0.3, -0.25) is 4.79 Å². The molecule has 1 aliphatic heterocycles. The predicted octanol–water partition coefficient (Wildman–Crippen LogP) is 2.42. The van der Waals surface area contributed by atoms with Gasteiger partial charge in [-0.25, -0.2) is 4.98 Å². The predicted molar refractivity (Wildman–Crippen MR) is 81.4 cm³/mol. The molecule has 3 N–H and O–H groups in total. The minimum absolute atomic E-state index is 0.116. The third-order valence-corrected chi connectivity index (χ3v) is 3.76. The molecule has 1 unspecified atom stereocenters. The number of alkyl halides is 3. The van der Waals surface area contributed by atoms with E-state index in [1.807, 2.05) is 0 Å². The van der Waals surface area contributed by atoms with Crippen LogP contribution in [0.25, 0.3) is 0 Å². The lowest BCUT2D eigenvalue weighted by atomic mass is 10.1. The number of hydrogen-bond acceptors (Lipinski definition) is 4. The molecule has 1 aliphatic rings. The van der Waals surface area contributed by atoms with Crippen LogP contribution < -0.4 is 16.0 Å². The summed E-state index contributed by atoms with van der Waals surface area (Å²) in [6.07, 6.45) is -1.62. The van der Waals surface area contributed by atoms with Crippen LogP contribution in [0.2, 0.25) is 5.02 Å². The van der Waals surface area contributed by atoms with Gasteiger partial charge in [-0.15, -0.1) is 0 Å². The molecule has 0 aromatic carbocycles.